The summed E-state index contributed by atoms with van der Waals surface area (Å²) in [7, 11) is 1.55. The molecule has 4 bridgehead atoms. The van der Waals surface area contributed by atoms with Gasteiger partial charge in [-0.05, 0) is 79.9 Å². The van der Waals surface area contributed by atoms with Crippen LogP contribution in [0.5, 0.6) is 5.75 Å². The van der Waals surface area contributed by atoms with Crippen molar-refractivity contribution in [2.45, 2.75) is 51.6 Å². The minimum Gasteiger partial charge on any atom is -0.496 e. The van der Waals surface area contributed by atoms with Crippen LogP contribution in [0.2, 0.25) is 5.02 Å². The van der Waals surface area contributed by atoms with E-state index in [1.54, 1.807) is 25.3 Å². The molecule has 5 rings (SSSR count). The largest absolute Gasteiger partial charge is 0.496 e. The van der Waals surface area contributed by atoms with Gasteiger partial charge in [-0.1, -0.05) is 11.6 Å². The Morgan fingerprint density at radius 2 is 1.79 bits per heavy atom. The topological polar surface area (TPSA) is 64.6 Å². The maximum absolute atomic E-state index is 12.5. The number of nitrogens with one attached hydrogen (secondary N) is 1. The van der Waals surface area contributed by atoms with Crippen molar-refractivity contribution >= 4 is 23.5 Å². The van der Waals surface area contributed by atoms with Gasteiger partial charge in [-0.3, -0.25) is 9.59 Å². The van der Waals surface area contributed by atoms with Gasteiger partial charge in [0.2, 0.25) is 5.91 Å². The van der Waals surface area contributed by atoms with E-state index in [0.29, 0.717) is 22.8 Å². The second-order valence-electron chi connectivity index (χ2n) is 8.99. The van der Waals surface area contributed by atoms with Gasteiger partial charge in [0.1, 0.15) is 18.9 Å². The summed E-state index contributed by atoms with van der Waals surface area (Å²) >= 11 is 5.99. The van der Waals surface area contributed by atoms with Crippen LogP contribution in [-0.2, 0) is 20.9 Å². The number of ether oxygens (including phenoxy) is 2. The second kappa shape index (κ2) is 7.94. The summed E-state index contributed by atoms with van der Waals surface area (Å²) in [5, 5.41) is 3.31. The highest BCUT2D eigenvalue weighted by Crippen LogP contribution is 2.61. The van der Waals surface area contributed by atoms with Crippen LogP contribution < -0.4 is 10.1 Å². The van der Waals surface area contributed by atoms with Crippen molar-refractivity contribution in [2.24, 2.45) is 23.2 Å². The van der Waals surface area contributed by atoms with Gasteiger partial charge in [0.05, 0.1) is 7.11 Å². The summed E-state index contributed by atoms with van der Waals surface area (Å²) in [5.41, 5.74) is 0.875. The van der Waals surface area contributed by atoms with Crippen molar-refractivity contribution in [1.29, 1.82) is 0 Å². The molecule has 0 radical (unpaired) electrons. The lowest BCUT2D eigenvalue weighted by Gasteiger charge is -2.56. The summed E-state index contributed by atoms with van der Waals surface area (Å²) in [6.45, 7) is -0.0402. The Balaban J connectivity index is 1.24. The SMILES string of the molecule is COc1ccc(Cl)cc1COC(=O)CNC(=O)CC12CC3CC(CC(C3)C1)C2. The molecule has 0 unspecified atom stereocenters. The standard InChI is InChI=1S/C22H28ClNO4/c1-27-19-3-2-18(23)7-17(19)13-28-21(26)12-24-20(25)11-22-8-14-4-15(9-22)6-16(5-14)10-22/h2-3,7,14-16H,4-6,8-13H2,1H3,(H,24,25). The van der Waals surface area contributed by atoms with E-state index in [4.69, 9.17) is 21.1 Å². The zero-order chi connectivity index (χ0) is 19.7. The Kier molecular flexibility index (Phi) is 5.55. The number of esters is 1. The molecule has 0 atom stereocenters. The summed E-state index contributed by atoms with van der Waals surface area (Å²) in [6.07, 6.45) is 8.19. The molecule has 1 N–H and O–H groups in total. The monoisotopic (exact) mass is 405 g/mol. The quantitative estimate of drug-likeness (QED) is 0.693. The molecule has 0 saturated heterocycles. The van der Waals surface area contributed by atoms with Gasteiger partial charge in [0.25, 0.3) is 0 Å². The van der Waals surface area contributed by atoms with E-state index in [1.165, 1.54) is 38.5 Å². The molecule has 5 nitrogen and oxygen atoms in total. The van der Waals surface area contributed by atoms with Crippen LogP contribution in [0.3, 0.4) is 0 Å². The number of amides is 1. The average Bonchev–Trinajstić information content (AvgIpc) is 2.63. The van der Waals surface area contributed by atoms with Gasteiger partial charge in [0, 0.05) is 17.0 Å². The van der Waals surface area contributed by atoms with E-state index < -0.39 is 5.97 Å². The first-order valence-corrected chi connectivity index (χ1v) is 10.6. The Morgan fingerprint density at radius 3 is 2.39 bits per heavy atom. The molecular formula is C22H28ClNO4. The second-order valence-corrected chi connectivity index (χ2v) is 9.42. The predicted octanol–water partition coefficient (Wildman–Crippen LogP) is 4.11. The molecule has 28 heavy (non-hydrogen) atoms. The molecule has 0 spiro atoms. The van der Waals surface area contributed by atoms with Gasteiger partial charge in [-0.15, -0.1) is 0 Å². The fourth-order valence-corrected chi connectivity index (χ4v) is 6.34. The highest BCUT2D eigenvalue weighted by molar-refractivity contribution is 6.30. The normalized spacial score (nSPS) is 30.1. The van der Waals surface area contributed by atoms with Crippen molar-refractivity contribution < 1.29 is 19.1 Å². The van der Waals surface area contributed by atoms with Crippen LogP contribution >= 0.6 is 11.6 Å². The molecule has 0 heterocycles. The summed E-state index contributed by atoms with van der Waals surface area (Å²) in [5.74, 6) is 2.58. The zero-order valence-electron chi connectivity index (χ0n) is 16.3. The van der Waals surface area contributed by atoms with Crippen molar-refractivity contribution in [3.63, 3.8) is 0 Å². The summed E-state index contributed by atoms with van der Waals surface area (Å²) < 4.78 is 10.5. The maximum Gasteiger partial charge on any atom is 0.325 e. The van der Waals surface area contributed by atoms with Crippen molar-refractivity contribution in [3.05, 3.63) is 28.8 Å². The van der Waals surface area contributed by atoms with Crippen LogP contribution in [0.1, 0.15) is 50.5 Å². The lowest BCUT2D eigenvalue weighted by Crippen LogP contribution is -2.48. The number of rotatable bonds is 7. The number of methoxy groups -OCH3 is 1. The number of hydrogen-bond acceptors (Lipinski definition) is 4. The van der Waals surface area contributed by atoms with Crippen LogP contribution in [0.4, 0.5) is 0 Å². The molecule has 4 aliphatic carbocycles. The third kappa shape index (κ3) is 4.29. The molecule has 0 aliphatic heterocycles. The van der Waals surface area contributed by atoms with Crippen LogP contribution in [0.15, 0.2) is 18.2 Å². The number of halogens is 1. The highest BCUT2D eigenvalue weighted by Gasteiger charge is 2.51. The number of benzene rings is 1. The lowest BCUT2D eigenvalue weighted by atomic mass is 9.49. The molecule has 1 amide bonds. The third-order valence-corrected chi connectivity index (χ3v) is 7.00. The summed E-state index contributed by atoms with van der Waals surface area (Å²) in [4.78, 5) is 24.6. The van der Waals surface area contributed by atoms with Crippen LogP contribution in [0.25, 0.3) is 0 Å². The molecule has 4 aliphatic rings. The van der Waals surface area contributed by atoms with Crippen molar-refractivity contribution in [1.82, 2.24) is 5.32 Å². The average molecular weight is 406 g/mol. The first-order valence-electron chi connectivity index (χ1n) is 10.2. The third-order valence-electron chi connectivity index (χ3n) is 6.76. The van der Waals surface area contributed by atoms with E-state index >= 15 is 0 Å². The molecule has 1 aromatic rings. The van der Waals surface area contributed by atoms with E-state index in [-0.39, 0.29) is 24.5 Å². The number of carbonyl (C=O) groups is 2. The Bertz CT molecular complexity index is 728. The Hall–Kier alpha value is -1.75. The zero-order valence-corrected chi connectivity index (χ0v) is 17.1. The number of hydrogen-bond donors (Lipinski definition) is 1. The van der Waals surface area contributed by atoms with Crippen LogP contribution in [-0.4, -0.2) is 25.5 Å². The summed E-state index contributed by atoms with van der Waals surface area (Å²) in [6, 6.07) is 5.16. The van der Waals surface area contributed by atoms with Gasteiger partial charge in [0.15, 0.2) is 0 Å². The van der Waals surface area contributed by atoms with Crippen LogP contribution in [0, 0.1) is 23.2 Å². The highest BCUT2D eigenvalue weighted by atomic mass is 35.5. The molecule has 4 fully saturated rings. The van der Waals surface area contributed by atoms with Gasteiger partial charge >= 0.3 is 5.97 Å². The minimum absolute atomic E-state index is 0.0285. The van der Waals surface area contributed by atoms with Gasteiger partial charge in [-0.2, -0.15) is 0 Å². The minimum atomic E-state index is -0.458. The molecule has 152 valence electrons. The van der Waals surface area contributed by atoms with E-state index in [1.807, 2.05) is 0 Å². The van der Waals surface area contributed by atoms with E-state index in [9.17, 15) is 9.59 Å². The fourth-order valence-electron chi connectivity index (χ4n) is 6.15. The maximum atomic E-state index is 12.5. The van der Waals surface area contributed by atoms with Crippen molar-refractivity contribution in [2.75, 3.05) is 13.7 Å². The molecule has 4 saturated carbocycles. The molecular weight excluding hydrogens is 378 g/mol. The fraction of sp³-hybridized carbons (Fsp3) is 0.636. The van der Waals surface area contributed by atoms with Crippen molar-refractivity contribution in [3.8, 4) is 5.75 Å². The molecule has 0 aromatic heterocycles. The lowest BCUT2D eigenvalue weighted by molar-refractivity contribution is -0.146. The van der Waals surface area contributed by atoms with Gasteiger partial charge in [-0.25, -0.2) is 0 Å². The van der Waals surface area contributed by atoms with E-state index in [0.717, 1.165) is 17.8 Å². The predicted molar refractivity (Wildman–Crippen MR) is 106 cm³/mol. The molecule has 6 heteroatoms. The first-order chi connectivity index (χ1) is 13.4. The first kappa shape index (κ1) is 19.6. The van der Waals surface area contributed by atoms with Gasteiger partial charge < -0.3 is 14.8 Å². The van der Waals surface area contributed by atoms with E-state index in [2.05, 4.69) is 5.32 Å². The Labute approximate surface area is 171 Å². The smallest absolute Gasteiger partial charge is 0.325 e. The number of carbonyl (C=O) groups excluding carboxylic acids is 2. The Morgan fingerprint density at radius 1 is 1.14 bits per heavy atom. The molecule has 1 aromatic carbocycles.